The Bertz CT molecular complexity index is 584. The van der Waals surface area contributed by atoms with Gasteiger partial charge in [-0.05, 0) is 0 Å². The molecule has 2 aromatic rings. The monoisotopic (exact) mass is 294 g/mol. The van der Waals surface area contributed by atoms with Crippen molar-refractivity contribution in [2.24, 2.45) is 10.2 Å². The maximum absolute atomic E-state index is 4.48. The second kappa shape index (κ2) is 7.41. The van der Waals surface area contributed by atoms with Crippen molar-refractivity contribution in [2.75, 3.05) is 28.2 Å². The van der Waals surface area contributed by atoms with Gasteiger partial charge in [0.2, 0.25) is 0 Å². The summed E-state index contributed by atoms with van der Waals surface area (Å²) in [5, 5.41) is 8.96. The molecule has 0 bridgehead atoms. The van der Waals surface area contributed by atoms with Crippen LogP contribution in [0.15, 0.2) is 70.9 Å². The van der Waals surface area contributed by atoms with Crippen LogP contribution >= 0.6 is 0 Å². The summed E-state index contributed by atoms with van der Waals surface area (Å²) in [4.78, 5) is 3.94. The van der Waals surface area contributed by atoms with Crippen LogP contribution in [0.4, 0.5) is 0 Å². The van der Waals surface area contributed by atoms with Crippen molar-refractivity contribution >= 4 is 11.7 Å². The fourth-order valence-corrected chi connectivity index (χ4v) is 2.08. The Balaban J connectivity index is 2.42. The average Bonchev–Trinajstić information content (AvgIpc) is 2.52. The Labute approximate surface area is 132 Å². The molecule has 4 nitrogen and oxygen atoms in total. The van der Waals surface area contributed by atoms with Crippen molar-refractivity contribution in [3.63, 3.8) is 0 Å². The van der Waals surface area contributed by atoms with Gasteiger partial charge in [-0.3, -0.25) is 0 Å². The first-order valence-corrected chi connectivity index (χ1v) is 7.20. The zero-order valence-corrected chi connectivity index (χ0v) is 13.6. The topological polar surface area (TPSA) is 31.2 Å². The van der Waals surface area contributed by atoms with Crippen LogP contribution in [0.5, 0.6) is 0 Å². The van der Waals surface area contributed by atoms with Crippen molar-refractivity contribution in [3.8, 4) is 0 Å². The number of hydrogen-bond acceptors (Lipinski definition) is 2. The fraction of sp³-hybridized carbons (Fsp3) is 0.222. The van der Waals surface area contributed by atoms with E-state index in [4.69, 9.17) is 0 Å². The summed E-state index contributed by atoms with van der Waals surface area (Å²) in [5.41, 5.74) is 2.09. The van der Waals surface area contributed by atoms with E-state index in [1.807, 2.05) is 98.7 Å². The van der Waals surface area contributed by atoms with Crippen LogP contribution in [0.25, 0.3) is 0 Å². The summed E-state index contributed by atoms with van der Waals surface area (Å²) in [7, 11) is 7.89. The zero-order chi connectivity index (χ0) is 15.9. The number of nitrogens with zero attached hydrogens (tertiary/aromatic N) is 4. The Morgan fingerprint density at radius 1 is 0.591 bits per heavy atom. The molecule has 0 fully saturated rings. The molecule has 0 heterocycles. The highest BCUT2D eigenvalue weighted by molar-refractivity contribution is 6.01. The van der Waals surface area contributed by atoms with Gasteiger partial charge in [0.1, 0.15) is 0 Å². The molecule has 0 aliphatic heterocycles. The maximum Gasteiger partial charge on any atom is 0.158 e. The molecule has 0 spiro atoms. The third-order valence-corrected chi connectivity index (χ3v) is 3.15. The normalized spacial score (nSPS) is 12.2. The van der Waals surface area contributed by atoms with E-state index in [9.17, 15) is 0 Å². The summed E-state index contributed by atoms with van der Waals surface area (Å²) < 4.78 is 0. The average molecular weight is 294 g/mol. The highest BCUT2D eigenvalue weighted by Gasteiger charge is 2.08. The van der Waals surface area contributed by atoms with Crippen LogP contribution in [0.3, 0.4) is 0 Å². The molecular weight excluding hydrogens is 272 g/mol. The standard InChI is InChI=1S/C18H22N4/c1-21(2)17(15-11-7-5-8-12-15)19-20-18(22(3)4)16-13-9-6-10-14-16/h5-14H,1-4H3/b19-17+,20-18?. The second-order valence-electron chi connectivity index (χ2n) is 5.37. The minimum absolute atomic E-state index is 0.830. The van der Waals surface area contributed by atoms with E-state index < -0.39 is 0 Å². The van der Waals surface area contributed by atoms with Gasteiger partial charge in [0.25, 0.3) is 0 Å². The van der Waals surface area contributed by atoms with Crippen molar-refractivity contribution in [2.45, 2.75) is 0 Å². The zero-order valence-electron chi connectivity index (χ0n) is 13.6. The van der Waals surface area contributed by atoms with E-state index in [-0.39, 0.29) is 0 Å². The highest BCUT2D eigenvalue weighted by Crippen LogP contribution is 2.07. The van der Waals surface area contributed by atoms with Gasteiger partial charge in [0, 0.05) is 39.3 Å². The molecular formula is C18H22N4. The summed E-state index contributed by atoms with van der Waals surface area (Å²) >= 11 is 0. The Morgan fingerprint density at radius 2 is 0.909 bits per heavy atom. The Kier molecular flexibility index (Phi) is 5.31. The summed E-state index contributed by atoms with van der Waals surface area (Å²) in [6.07, 6.45) is 0. The lowest BCUT2D eigenvalue weighted by Crippen LogP contribution is -2.25. The molecule has 4 heteroatoms. The molecule has 114 valence electrons. The van der Waals surface area contributed by atoms with Crippen molar-refractivity contribution in [1.82, 2.24) is 9.80 Å². The van der Waals surface area contributed by atoms with Crippen LogP contribution in [0.2, 0.25) is 0 Å². The minimum atomic E-state index is 0.830. The van der Waals surface area contributed by atoms with E-state index >= 15 is 0 Å². The van der Waals surface area contributed by atoms with E-state index in [0.29, 0.717) is 0 Å². The Morgan fingerprint density at radius 3 is 1.18 bits per heavy atom. The Hall–Kier alpha value is -2.62. The van der Waals surface area contributed by atoms with Crippen LogP contribution < -0.4 is 0 Å². The van der Waals surface area contributed by atoms with Crippen molar-refractivity contribution in [1.29, 1.82) is 0 Å². The molecule has 0 unspecified atom stereocenters. The molecule has 0 radical (unpaired) electrons. The van der Waals surface area contributed by atoms with Gasteiger partial charge in [-0.2, -0.15) is 0 Å². The molecule has 2 rings (SSSR count). The molecule has 0 aromatic heterocycles. The third-order valence-electron chi connectivity index (χ3n) is 3.15. The SMILES string of the molecule is CN(C)C(=N/N=C(\c1ccccc1)N(C)C)c1ccccc1. The predicted octanol–water partition coefficient (Wildman–Crippen LogP) is 2.92. The van der Waals surface area contributed by atoms with Gasteiger partial charge in [-0.1, -0.05) is 60.7 Å². The highest BCUT2D eigenvalue weighted by atomic mass is 15.3. The first kappa shape index (κ1) is 15.8. The van der Waals surface area contributed by atoms with Crippen LogP contribution in [0, 0.1) is 0 Å². The van der Waals surface area contributed by atoms with Crippen LogP contribution in [-0.2, 0) is 0 Å². The summed E-state index contributed by atoms with van der Waals surface area (Å²) in [6, 6.07) is 20.1. The maximum atomic E-state index is 4.48. The lowest BCUT2D eigenvalue weighted by Gasteiger charge is -2.17. The smallest absolute Gasteiger partial charge is 0.158 e. The summed E-state index contributed by atoms with van der Waals surface area (Å²) in [5.74, 6) is 1.66. The van der Waals surface area contributed by atoms with Gasteiger partial charge < -0.3 is 9.80 Å². The largest absolute Gasteiger partial charge is 0.361 e. The second-order valence-corrected chi connectivity index (χ2v) is 5.37. The summed E-state index contributed by atoms with van der Waals surface area (Å²) in [6.45, 7) is 0. The lowest BCUT2D eigenvalue weighted by molar-refractivity contribution is 0.610. The fourth-order valence-electron chi connectivity index (χ4n) is 2.08. The quantitative estimate of drug-likeness (QED) is 0.495. The van der Waals surface area contributed by atoms with E-state index in [1.165, 1.54) is 0 Å². The molecule has 0 N–H and O–H groups in total. The first-order chi connectivity index (χ1) is 10.6. The number of rotatable bonds is 3. The number of hydrogen-bond donors (Lipinski definition) is 0. The number of amidine groups is 2. The van der Waals surface area contributed by atoms with Crippen molar-refractivity contribution in [3.05, 3.63) is 71.8 Å². The van der Waals surface area contributed by atoms with Gasteiger partial charge in [-0.25, -0.2) is 0 Å². The molecule has 0 atom stereocenters. The lowest BCUT2D eigenvalue weighted by atomic mass is 10.2. The van der Waals surface area contributed by atoms with Gasteiger partial charge in [0.15, 0.2) is 11.7 Å². The van der Waals surface area contributed by atoms with Gasteiger partial charge >= 0.3 is 0 Å². The van der Waals surface area contributed by atoms with Crippen LogP contribution in [-0.4, -0.2) is 49.7 Å². The predicted molar refractivity (Wildman–Crippen MR) is 93.3 cm³/mol. The van der Waals surface area contributed by atoms with E-state index in [0.717, 1.165) is 22.8 Å². The molecule has 0 aliphatic carbocycles. The third kappa shape index (κ3) is 3.95. The molecule has 0 amide bonds. The molecule has 0 aliphatic rings. The first-order valence-electron chi connectivity index (χ1n) is 7.20. The molecule has 0 saturated carbocycles. The number of benzene rings is 2. The van der Waals surface area contributed by atoms with E-state index in [2.05, 4.69) is 10.2 Å². The molecule has 2 aromatic carbocycles. The van der Waals surface area contributed by atoms with Gasteiger partial charge in [-0.15, -0.1) is 10.2 Å². The minimum Gasteiger partial charge on any atom is -0.361 e. The molecule has 22 heavy (non-hydrogen) atoms. The van der Waals surface area contributed by atoms with Crippen molar-refractivity contribution < 1.29 is 0 Å². The van der Waals surface area contributed by atoms with E-state index in [1.54, 1.807) is 0 Å². The van der Waals surface area contributed by atoms with Gasteiger partial charge in [0.05, 0.1) is 0 Å². The molecule has 0 saturated heterocycles. The van der Waals surface area contributed by atoms with Crippen LogP contribution in [0.1, 0.15) is 11.1 Å².